The van der Waals surface area contributed by atoms with Crippen molar-refractivity contribution >= 4 is 17.5 Å². The lowest BCUT2D eigenvalue weighted by atomic mass is 10.1. The zero-order valence-electron chi connectivity index (χ0n) is 9.62. The maximum absolute atomic E-state index is 11.8. The molecule has 1 heterocycles. The number of rotatable bonds is 3. The summed E-state index contributed by atoms with van der Waals surface area (Å²) in [5.41, 5.74) is 1.04. The van der Waals surface area contributed by atoms with Gasteiger partial charge in [0.2, 0.25) is 5.91 Å². The van der Waals surface area contributed by atoms with Gasteiger partial charge in [0.15, 0.2) is 0 Å². The highest BCUT2D eigenvalue weighted by Gasteiger charge is 2.21. The standard InChI is InChI=1S/C13H16ClNO2/c14-11-6-4-10(5-7-11)9-15-13(16)12-3-1-2-8-17-12/h4-7,12H,1-3,8-9H2,(H,15,16). The average Bonchev–Trinajstić information content (AvgIpc) is 2.39. The van der Waals surface area contributed by atoms with Crippen LogP contribution in [-0.2, 0) is 16.1 Å². The molecule has 1 atom stereocenters. The Morgan fingerprint density at radius 3 is 2.76 bits per heavy atom. The fourth-order valence-electron chi connectivity index (χ4n) is 1.85. The smallest absolute Gasteiger partial charge is 0.249 e. The molecule has 1 aliphatic heterocycles. The van der Waals surface area contributed by atoms with Crippen LogP contribution in [0.25, 0.3) is 0 Å². The molecule has 0 bridgehead atoms. The first-order valence-electron chi connectivity index (χ1n) is 5.89. The van der Waals surface area contributed by atoms with Crippen molar-refractivity contribution in [3.05, 3.63) is 34.9 Å². The molecule has 2 rings (SSSR count). The summed E-state index contributed by atoms with van der Waals surface area (Å²) >= 11 is 5.79. The third kappa shape index (κ3) is 3.72. The fourth-order valence-corrected chi connectivity index (χ4v) is 1.98. The molecule has 1 aliphatic rings. The fraction of sp³-hybridized carbons (Fsp3) is 0.462. The number of carbonyl (C=O) groups excluding carboxylic acids is 1. The van der Waals surface area contributed by atoms with Crippen molar-refractivity contribution < 1.29 is 9.53 Å². The van der Waals surface area contributed by atoms with Crippen molar-refractivity contribution in [2.24, 2.45) is 0 Å². The van der Waals surface area contributed by atoms with Crippen LogP contribution >= 0.6 is 11.6 Å². The van der Waals surface area contributed by atoms with E-state index in [0.29, 0.717) is 18.2 Å². The molecule has 1 N–H and O–H groups in total. The van der Waals surface area contributed by atoms with Crippen LogP contribution in [0.1, 0.15) is 24.8 Å². The van der Waals surface area contributed by atoms with Crippen molar-refractivity contribution in [3.8, 4) is 0 Å². The Labute approximate surface area is 106 Å². The second-order valence-electron chi connectivity index (χ2n) is 4.20. The van der Waals surface area contributed by atoms with Crippen LogP contribution in [0.2, 0.25) is 5.02 Å². The number of amides is 1. The normalized spacial score (nSPS) is 19.9. The van der Waals surface area contributed by atoms with Gasteiger partial charge in [-0.3, -0.25) is 4.79 Å². The summed E-state index contributed by atoms with van der Waals surface area (Å²) in [7, 11) is 0. The van der Waals surface area contributed by atoms with E-state index in [1.807, 2.05) is 24.3 Å². The molecular formula is C13H16ClNO2. The summed E-state index contributed by atoms with van der Waals surface area (Å²) < 4.78 is 5.41. The van der Waals surface area contributed by atoms with E-state index in [1.165, 1.54) is 0 Å². The van der Waals surface area contributed by atoms with Crippen LogP contribution in [-0.4, -0.2) is 18.6 Å². The van der Waals surface area contributed by atoms with Crippen LogP contribution in [0.15, 0.2) is 24.3 Å². The van der Waals surface area contributed by atoms with E-state index >= 15 is 0 Å². The third-order valence-corrected chi connectivity index (χ3v) is 3.10. The molecule has 1 saturated heterocycles. The Morgan fingerprint density at radius 1 is 1.35 bits per heavy atom. The molecule has 1 aromatic rings. The molecule has 1 aromatic carbocycles. The van der Waals surface area contributed by atoms with Crippen LogP contribution in [0.5, 0.6) is 0 Å². The van der Waals surface area contributed by atoms with Gasteiger partial charge in [0.1, 0.15) is 6.10 Å². The molecule has 4 heteroatoms. The van der Waals surface area contributed by atoms with Crippen molar-refractivity contribution in [1.29, 1.82) is 0 Å². The van der Waals surface area contributed by atoms with E-state index < -0.39 is 0 Å². The second kappa shape index (κ2) is 6.03. The number of halogens is 1. The molecule has 0 saturated carbocycles. The van der Waals surface area contributed by atoms with Gasteiger partial charge in [-0.05, 0) is 37.0 Å². The average molecular weight is 254 g/mol. The molecule has 0 aromatic heterocycles. The van der Waals surface area contributed by atoms with E-state index in [0.717, 1.165) is 24.8 Å². The summed E-state index contributed by atoms with van der Waals surface area (Å²) in [6, 6.07) is 7.45. The van der Waals surface area contributed by atoms with Crippen LogP contribution in [0.3, 0.4) is 0 Å². The molecule has 0 aliphatic carbocycles. The minimum Gasteiger partial charge on any atom is -0.368 e. The topological polar surface area (TPSA) is 38.3 Å². The first-order chi connectivity index (χ1) is 8.25. The lowest BCUT2D eigenvalue weighted by molar-refractivity contribution is -0.135. The zero-order chi connectivity index (χ0) is 12.1. The number of carbonyl (C=O) groups is 1. The maximum atomic E-state index is 11.8. The molecule has 3 nitrogen and oxygen atoms in total. The minimum absolute atomic E-state index is 0.0142. The highest BCUT2D eigenvalue weighted by molar-refractivity contribution is 6.30. The zero-order valence-corrected chi connectivity index (χ0v) is 10.4. The second-order valence-corrected chi connectivity index (χ2v) is 4.64. The number of nitrogens with one attached hydrogen (secondary N) is 1. The molecule has 0 radical (unpaired) electrons. The predicted octanol–water partition coefficient (Wildman–Crippen LogP) is 2.53. The van der Waals surface area contributed by atoms with Crippen molar-refractivity contribution in [2.75, 3.05) is 6.61 Å². The Morgan fingerprint density at radius 2 is 2.12 bits per heavy atom. The molecule has 1 amide bonds. The Kier molecular flexibility index (Phi) is 4.40. The quantitative estimate of drug-likeness (QED) is 0.899. The molecule has 0 spiro atoms. The van der Waals surface area contributed by atoms with Gasteiger partial charge < -0.3 is 10.1 Å². The first-order valence-corrected chi connectivity index (χ1v) is 6.27. The summed E-state index contributed by atoms with van der Waals surface area (Å²) in [5, 5.41) is 3.59. The highest BCUT2D eigenvalue weighted by atomic mass is 35.5. The lowest BCUT2D eigenvalue weighted by Crippen LogP contribution is -2.37. The van der Waals surface area contributed by atoms with E-state index in [4.69, 9.17) is 16.3 Å². The summed E-state index contributed by atoms with van der Waals surface area (Å²) in [6.45, 7) is 1.22. The molecule has 1 fully saturated rings. The number of hydrogen-bond donors (Lipinski definition) is 1. The number of benzene rings is 1. The monoisotopic (exact) mass is 253 g/mol. The number of hydrogen-bond acceptors (Lipinski definition) is 2. The highest BCUT2D eigenvalue weighted by Crippen LogP contribution is 2.13. The lowest BCUT2D eigenvalue weighted by Gasteiger charge is -2.21. The van der Waals surface area contributed by atoms with Gasteiger partial charge >= 0.3 is 0 Å². The molecule has 17 heavy (non-hydrogen) atoms. The molecular weight excluding hydrogens is 238 g/mol. The Bertz CT molecular complexity index is 372. The van der Waals surface area contributed by atoms with E-state index in [9.17, 15) is 4.79 Å². The van der Waals surface area contributed by atoms with Gasteiger partial charge in [-0.15, -0.1) is 0 Å². The molecule has 92 valence electrons. The van der Waals surface area contributed by atoms with Crippen LogP contribution < -0.4 is 5.32 Å². The Balaban J connectivity index is 1.81. The van der Waals surface area contributed by atoms with E-state index in [-0.39, 0.29) is 12.0 Å². The Hall–Kier alpha value is -1.06. The summed E-state index contributed by atoms with van der Waals surface area (Å²) in [6.07, 6.45) is 2.68. The van der Waals surface area contributed by atoms with E-state index in [2.05, 4.69) is 5.32 Å². The van der Waals surface area contributed by atoms with Crippen LogP contribution in [0.4, 0.5) is 0 Å². The predicted molar refractivity (Wildman–Crippen MR) is 66.9 cm³/mol. The summed E-state index contributed by atoms with van der Waals surface area (Å²) in [4.78, 5) is 11.8. The SMILES string of the molecule is O=C(NCc1ccc(Cl)cc1)C1CCCCO1. The van der Waals surface area contributed by atoms with Gasteiger partial charge in [-0.1, -0.05) is 23.7 Å². The largest absolute Gasteiger partial charge is 0.368 e. The first kappa shape index (κ1) is 12.4. The van der Waals surface area contributed by atoms with Gasteiger partial charge in [0.05, 0.1) is 0 Å². The van der Waals surface area contributed by atoms with Gasteiger partial charge in [0.25, 0.3) is 0 Å². The maximum Gasteiger partial charge on any atom is 0.249 e. The van der Waals surface area contributed by atoms with Gasteiger partial charge in [-0.2, -0.15) is 0 Å². The van der Waals surface area contributed by atoms with Gasteiger partial charge in [0, 0.05) is 18.2 Å². The van der Waals surface area contributed by atoms with Crippen molar-refractivity contribution in [2.45, 2.75) is 31.9 Å². The van der Waals surface area contributed by atoms with Crippen molar-refractivity contribution in [1.82, 2.24) is 5.32 Å². The van der Waals surface area contributed by atoms with E-state index in [1.54, 1.807) is 0 Å². The summed E-state index contributed by atoms with van der Waals surface area (Å²) in [5.74, 6) is -0.0142. The van der Waals surface area contributed by atoms with Crippen LogP contribution in [0, 0.1) is 0 Å². The van der Waals surface area contributed by atoms with Gasteiger partial charge in [-0.25, -0.2) is 0 Å². The number of ether oxygens (including phenoxy) is 1. The minimum atomic E-state index is -0.268. The van der Waals surface area contributed by atoms with Crippen molar-refractivity contribution in [3.63, 3.8) is 0 Å². The third-order valence-electron chi connectivity index (χ3n) is 2.85. The molecule has 1 unspecified atom stereocenters.